The number of hydrogen-bond donors (Lipinski definition) is 2. The third-order valence-electron chi connectivity index (χ3n) is 15.2. The molecule has 70 heavy (non-hydrogen) atoms. The highest BCUT2D eigenvalue weighted by atomic mass is 16.5. The topological polar surface area (TPSA) is 146 Å². The Labute approximate surface area is 410 Å². The third-order valence-corrected chi connectivity index (χ3v) is 15.2. The van der Waals surface area contributed by atoms with Gasteiger partial charge < -0.3 is 28.9 Å². The number of ether oxygens (including phenoxy) is 4. The van der Waals surface area contributed by atoms with Gasteiger partial charge in [-0.1, -0.05) is 153 Å². The predicted octanol–water partition coefficient (Wildman–Crippen LogP) is 14.7. The van der Waals surface area contributed by atoms with Gasteiger partial charge in [0, 0.05) is 32.7 Å². The summed E-state index contributed by atoms with van der Waals surface area (Å²) in [6.07, 6.45) is 17.6. The number of hydrogen-bond acceptors (Lipinski definition) is 10. The minimum atomic E-state index is -0.233. The molecule has 0 atom stereocenters. The first kappa shape index (κ1) is 45.9. The summed E-state index contributed by atoms with van der Waals surface area (Å²) in [5.74, 6) is 4.99. The van der Waals surface area contributed by atoms with Gasteiger partial charge in [0.2, 0.25) is 0 Å². The number of unbranched alkanes of at least 4 members (excludes halogenated alkanes) is 8. The van der Waals surface area contributed by atoms with Gasteiger partial charge in [-0.05, 0) is 49.9 Å². The summed E-state index contributed by atoms with van der Waals surface area (Å²) in [4.78, 5) is 39.5. The van der Waals surface area contributed by atoms with Crippen molar-refractivity contribution in [2.45, 2.75) is 130 Å². The summed E-state index contributed by atoms with van der Waals surface area (Å²) >= 11 is 0. The number of nitrogens with one attached hydrogen (secondary N) is 2. The van der Waals surface area contributed by atoms with E-state index in [0.717, 1.165) is 170 Å². The lowest BCUT2D eigenvalue weighted by Gasteiger charge is -2.34. The molecule has 0 radical (unpaired) electrons. The van der Waals surface area contributed by atoms with Crippen LogP contribution < -0.4 is 18.9 Å². The molecule has 4 aliphatic heterocycles. The molecule has 0 unspecified atom stereocenters. The normalized spacial score (nSPS) is 15.4. The van der Waals surface area contributed by atoms with Gasteiger partial charge in [0.25, 0.3) is 0 Å². The maximum atomic E-state index is 7.08. The van der Waals surface area contributed by atoms with Crippen LogP contribution in [0.15, 0.2) is 72.8 Å². The summed E-state index contributed by atoms with van der Waals surface area (Å²) in [7, 11) is 0. The molecule has 11 rings (SSSR count). The lowest BCUT2D eigenvalue weighted by atomic mass is 9.79. The summed E-state index contributed by atoms with van der Waals surface area (Å²) in [6, 6.07) is 24.7. The zero-order valence-corrected chi connectivity index (χ0v) is 41.4. The van der Waals surface area contributed by atoms with Crippen molar-refractivity contribution < 1.29 is 18.9 Å². The maximum Gasteiger partial charge on any atom is 0.168 e. The minimum absolute atomic E-state index is 0.233. The van der Waals surface area contributed by atoms with E-state index in [9.17, 15) is 0 Å². The van der Waals surface area contributed by atoms with Gasteiger partial charge in [0.05, 0.1) is 48.3 Å². The summed E-state index contributed by atoms with van der Waals surface area (Å²) < 4.78 is 28.3. The molecule has 362 valence electrons. The van der Waals surface area contributed by atoms with Crippen molar-refractivity contribution >= 4 is 44.1 Å². The largest absolute Gasteiger partial charge is 0.492 e. The van der Waals surface area contributed by atoms with Crippen LogP contribution in [0.5, 0.6) is 23.0 Å². The van der Waals surface area contributed by atoms with Crippen LogP contribution in [0.3, 0.4) is 0 Å². The second-order valence-corrected chi connectivity index (χ2v) is 20.3. The molecular weight excluding hydrogens is 873 g/mol. The predicted molar refractivity (Wildman–Crippen MR) is 279 cm³/mol. The molecule has 0 saturated heterocycles. The fourth-order valence-electron chi connectivity index (χ4n) is 11.2. The highest BCUT2D eigenvalue weighted by Crippen LogP contribution is 2.47. The smallest absolute Gasteiger partial charge is 0.168 e. The average Bonchev–Trinajstić information content (AvgIpc) is 4.12. The van der Waals surface area contributed by atoms with Crippen molar-refractivity contribution in [3.8, 4) is 68.5 Å². The minimum Gasteiger partial charge on any atom is -0.492 e. The molecular formula is C58H66N8O4. The van der Waals surface area contributed by atoms with Crippen LogP contribution >= 0.6 is 0 Å². The van der Waals surface area contributed by atoms with Crippen LogP contribution in [0.2, 0.25) is 0 Å². The lowest BCUT2D eigenvalue weighted by Crippen LogP contribution is -2.35. The molecule has 4 aliphatic rings. The monoisotopic (exact) mass is 939 g/mol. The fraction of sp³-hybridized carbons (Fsp3) is 0.448. The van der Waals surface area contributed by atoms with Crippen molar-refractivity contribution in [3.05, 3.63) is 72.8 Å². The Morgan fingerprint density at radius 3 is 1.11 bits per heavy atom. The van der Waals surface area contributed by atoms with E-state index in [1.165, 1.54) is 0 Å². The van der Waals surface area contributed by atoms with Gasteiger partial charge in [-0.3, -0.25) is 0 Å². The number of fused-ring (bicyclic) bond motifs is 8. The fourth-order valence-corrected chi connectivity index (χ4v) is 11.2. The number of rotatable bonds is 16. The van der Waals surface area contributed by atoms with Crippen LogP contribution in [-0.4, -0.2) is 66.3 Å². The zero-order chi connectivity index (χ0) is 47.7. The standard InChI is InChI=1S/C58H66N8O4/c1-5-9-13-29-57(30-14-10-6-2)33-67-41-25-17-21-37-45(41)53-61-49(37)59-51-39-23-19-27-43-47(39)55(63-51)66-56-48-40(52(64-56)60-50-38-22-18-26-42(68-34-57)46(38)54(62-50)65-53)24-20-28-44(48)70-36-58(35-69-43,31-15-11-7-3)32-16-12-8-4/h17-28H,5-16,29-36H2,1-4H3,(H2,59,60,61,62,63,64,65,66). The van der Waals surface area contributed by atoms with E-state index in [2.05, 4.69) is 74.1 Å². The molecule has 7 aromatic rings. The first-order chi connectivity index (χ1) is 34.4. The Bertz CT molecular complexity index is 3000. The van der Waals surface area contributed by atoms with Crippen molar-refractivity contribution in [3.63, 3.8) is 0 Å². The van der Waals surface area contributed by atoms with Gasteiger partial charge in [0.15, 0.2) is 23.3 Å². The number of H-pyrrole nitrogens is 2. The highest BCUT2D eigenvalue weighted by Gasteiger charge is 2.36. The molecule has 7 heterocycles. The van der Waals surface area contributed by atoms with E-state index < -0.39 is 0 Å². The van der Waals surface area contributed by atoms with E-state index in [1.807, 2.05) is 36.4 Å². The molecule has 8 bridgehead atoms. The Hall–Kier alpha value is -6.56. The average molecular weight is 939 g/mol. The Balaban J connectivity index is 1.21. The first-order valence-corrected chi connectivity index (χ1v) is 26.3. The Kier molecular flexibility index (Phi) is 12.9. The van der Waals surface area contributed by atoms with Crippen LogP contribution in [0.4, 0.5) is 0 Å². The van der Waals surface area contributed by atoms with E-state index in [0.29, 0.717) is 72.3 Å². The van der Waals surface area contributed by atoms with Gasteiger partial charge in [-0.2, -0.15) is 0 Å². The van der Waals surface area contributed by atoms with Crippen LogP contribution in [0.1, 0.15) is 130 Å². The molecule has 4 aromatic carbocycles. The van der Waals surface area contributed by atoms with Crippen molar-refractivity contribution in [1.82, 2.24) is 39.9 Å². The molecule has 3 aromatic heterocycles. The van der Waals surface area contributed by atoms with E-state index >= 15 is 0 Å². The molecule has 0 fully saturated rings. The van der Waals surface area contributed by atoms with Crippen LogP contribution in [0.25, 0.3) is 89.7 Å². The molecule has 0 amide bonds. The van der Waals surface area contributed by atoms with Gasteiger partial charge >= 0.3 is 0 Å². The molecule has 0 spiro atoms. The zero-order valence-electron chi connectivity index (χ0n) is 41.4. The van der Waals surface area contributed by atoms with Gasteiger partial charge in [-0.15, -0.1) is 0 Å². The quantitative estimate of drug-likeness (QED) is 0.0898. The number of nitrogens with zero attached hydrogens (tertiary/aromatic N) is 6. The van der Waals surface area contributed by atoms with Gasteiger partial charge in [-0.25, -0.2) is 29.9 Å². The molecule has 2 N–H and O–H groups in total. The lowest BCUT2D eigenvalue weighted by molar-refractivity contribution is 0.0577. The molecule has 0 aliphatic carbocycles. The Morgan fingerprint density at radius 1 is 0.386 bits per heavy atom. The molecule has 12 heteroatoms. The Morgan fingerprint density at radius 2 is 0.729 bits per heavy atom. The van der Waals surface area contributed by atoms with E-state index in [-0.39, 0.29) is 10.8 Å². The van der Waals surface area contributed by atoms with Crippen molar-refractivity contribution in [2.75, 3.05) is 26.4 Å². The van der Waals surface area contributed by atoms with Crippen LogP contribution in [-0.2, 0) is 0 Å². The summed E-state index contributed by atoms with van der Waals surface area (Å²) in [5, 5.41) is 3.42. The van der Waals surface area contributed by atoms with E-state index in [1.54, 1.807) is 0 Å². The SMILES string of the molecule is CCCCCC1(CCCCC)COc2cccc3c2-c2nc-3nc3[nH]c4nc5nc(nc6[nH]c(n2)c2c(cccc62)OC1)-c1cccc(c1-5)OCC(CCCCC)(CCCCC)COc1cccc3c14. The van der Waals surface area contributed by atoms with Crippen molar-refractivity contribution in [1.29, 1.82) is 0 Å². The first-order valence-electron chi connectivity index (χ1n) is 26.3. The maximum absolute atomic E-state index is 7.08. The van der Waals surface area contributed by atoms with Crippen molar-refractivity contribution in [2.24, 2.45) is 10.8 Å². The van der Waals surface area contributed by atoms with Gasteiger partial charge in [0.1, 0.15) is 45.6 Å². The number of aromatic nitrogens is 8. The second kappa shape index (κ2) is 19.7. The number of aromatic amines is 2. The summed E-state index contributed by atoms with van der Waals surface area (Å²) in [5.41, 5.74) is 5.24. The summed E-state index contributed by atoms with van der Waals surface area (Å²) in [6.45, 7) is 11.1. The third kappa shape index (κ3) is 8.61. The highest BCUT2D eigenvalue weighted by molar-refractivity contribution is 6.10. The molecule has 0 saturated carbocycles. The second-order valence-electron chi connectivity index (χ2n) is 20.3. The number of benzene rings is 4. The van der Waals surface area contributed by atoms with Crippen LogP contribution in [0, 0.1) is 10.8 Å². The van der Waals surface area contributed by atoms with E-state index in [4.69, 9.17) is 48.9 Å². The molecule has 12 nitrogen and oxygen atoms in total.